The van der Waals surface area contributed by atoms with Gasteiger partial charge in [-0.15, -0.1) is 0 Å². The Morgan fingerprint density at radius 2 is 1.81 bits per heavy atom. The lowest BCUT2D eigenvalue weighted by molar-refractivity contribution is -0.123. The molecule has 1 aliphatic rings. The highest BCUT2D eigenvalue weighted by Gasteiger charge is 2.28. The number of rotatable bonds is 7. The van der Waals surface area contributed by atoms with E-state index in [9.17, 15) is 4.79 Å². The third-order valence-corrected chi connectivity index (χ3v) is 5.24. The summed E-state index contributed by atoms with van der Waals surface area (Å²) >= 11 is 0. The van der Waals surface area contributed by atoms with Gasteiger partial charge in [0.15, 0.2) is 0 Å². The van der Waals surface area contributed by atoms with Crippen LogP contribution in [0, 0.1) is 5.92 Å². The summed E-state index contributed by atoms with van der Waals surface area (Å²) in [5, 5.41) is 0. The first-order valence-electron chi connectivity index (χ1n) is 9.41. The predicted octanol–water partition coefficient (Wildman–Crippen LogP) is 3.24. The van der Waals surface area contributed by atoms with Crippen LogP contribution in [0.3, 0.4) is 0 Å². The average molecular weight is 352 g/mol. The van der Waals surface area contributed by atoms with E-state index in [2.05, 4.69) is 48.2 Å². The lowest BCUT2D eigenvalue weighted by atomic mass is 9.91. The minimum atomic E-state index is -0.164. The van der Waals surface area contributed by atoms with Crippen LogP contribution in [0.25, 0.3) is 0 Å². The summed E-state index contributed by atoms with van der Waals surface area (Å²) in [5.74, 6) is 0.768. The fraction of sp³-hybridized carbons (Fsp3) is 0.409. The second-order valence-electron chi connectivity index (χ2n) is 7.16. The highest BCUT2D eigenvalue weighted by atomic mass is 16.5. The number of primary amides is 1. The summed E-state index contributed by atoms with van der Waals surface area (Å²) < 4.78 is 5.90. The van der Waals surface area contributed by atoms with Crippen molar-refractivity contribution in [2.45, 2.75) is 32.2 Å². The van der Waals surface area contributed by atoms with Gasteiger partial charge in [0.05, 0.1) is 0 Å². The molecular formula is C22H28N2O2. The number of ether oxygens (including phenoxy) is 1. The fourth-order valence-corrected chi connectivity index (χ4v) is 3.63. The minimum absolute atomic E-state index is 0.0272. The Morgan fingerprint density at radius 3 is 2.46 bits per heavy atom. The minimum Gasteiger partial charge on any atom is -0.492 e. The van der Waals surface area contributed by atoms with Crippen molar-refractivity contribution in [2.75, 3.05) is 19.7 Å². The summed E-state index contributed by atoms with van der Waals surface area (Å²) in [6.45, 7) is 4.60. The number of benzene rings is 2. The summed E-state index contributed by atoms with van der Waals surface area (Å²) in [4.78, 5) is 13.7. The highest BCUT2D eigenvalue weighted by molar-refractivity contribution is 5.76. The molecule has 2 aromatic carbocycles. The zero-order valence-corrected chi connectivity index (χ0v) is 15.4. The lowest BCUT2D eigenvalue weighted by Crippen LogP contribution is -2.45. The summed E-state index contributed by atoms with van der Waals surface area (Å²) in [6, 6.07) is 19.2. The van der Waals surface area contributed by atoms with Crippen LogP contribution < -0.4 is 10.5 Å². The quantitative estimate of drug-likeness (QED) is 0.832. The van der Waals surface area contributed by atoms with Crippen molar-refractivity contribution in [1.82, 2.24) is 4.90 Å². The molecule has 138 valence electrons. The molecule has 0 spiro atoms. The van der Waals surface area contributed by atoms with Gasteiger partial charge < -0.3 is 10.5 Å². The monoisotopic (exact) mass is 352 g/mol. The van der Waals surface area contributed by atoms with Gasteiger partial charge in [0.25, 0.3) is 0 Å². The third kappa shape index (κ3) is 5.09. The van der Waals surface area contributed by atoms with Gasteiger partial charge in [-0.3, -0.25) is 9.69 Å². The molecule has 0 aliphatic carbocycles. The second-order valence-corrected chi connectivity index (χ2v) is 7.16. The molecule has 2 unspecified atom stereocenters. The summed E-state index contributed by atoms with van der Waals surface area (Å²) in [6.07, 6.45) is 2.64. The Labute approximate surface area is 156 Å². The molecule has 2 N–H and O–H groups in total. The van der Waals surface area contributed by atoms with E-state index in [-0.39, 0.29) is 11.8 Å². The standard InChI is InChI=1S/C22H28N2O2/c1-17-15-20(22(23)25)11-12-24(17)13-14-26-21-9-7-19(8-10-21)16-18-5-3-2-4-6-18/h2-10,17,20H,11-16H2,1H3,(H2,23,25). The number of nitrogens with zero attached hydrogens (tertiary/aromatic N) is 1. The first kappa shape index (κ1) is 18.5. The molecule has 4 nitrogen and oxygen atoms in total. The van der Waals surface area contributed by atoms with Crippen LogP contribution >= 0.6 is 0 Å². The fourth-order valence-electron chi connectivity index (χ4n) is 3.63. The molecule has 1 aliphatic heterocycles. The number of hydrogen-bond acceptors (Lipinski definition) is 3. The van der Waals surface area contributed by atoms with E-state index in [1.54, 1.807) is 0 Å². The van der Waals surface area contributed by atoms with Gasteiger partial charge in [0.1, 0.15) is 12.4 Å². The summed E-state index contributed by atoms with van der Waals surface area (Å²) in [5.41, 5.74) is 8.03. The van der Waals surface area contributed by atoms with E-state index in [0.717, 1.165) is 38.1 Å². The predicted molar refractivity (Wildman–Crippen MR) is 104 cm³/mol. The van der Waals surface area contributed by atoms with E-state index >= 15 is 0 Å². The number of nitrogens with two attached hydrogens (primary N) is 1. The lowest BCUT2D eigenvalue weighted by Gasteiger charge is -2.36. The molecule has 0 aromatic heterocycles. The molecule has 0 radical (unpaired) electrons. The van der Waals surface area contributed by atoms with Gasteiger partial charge in [0.2, 0.25) is 5.91 Å². The second kappa shape index (κ2) is 8.86. The number of piperidine rings is 1. The van der Waals surface area contributed by atoms with Gasteiger partial charge in [-0.1, -0.05) is 42.5 Å². The Morgan fingerprint density at radius 1 is 1.12 bits per heavy atom. The number of carbonyl (C=O) groups is 1. The molecule has 26 heavy (non-hydrogen) atoms. The van der Waals surface area contributed by atoms with Crippen molar-refractivity contribution in [2.24, 2.45) is 11.7 Å². The maximum atomic E-state index is 11.3. The van der Waals surface area contributed by atoms with Crippen LogP contribution in [0.4, 0.5) is 0 Å². The van der Waals surface area contributed by atoms with Crippen molar-refractivity contribution < 1.29 is 9.53 Å². The van der Waals surface area contributed by atoms with Crippen LogP contribution in [0.1, 0.15) is 30.9 Å². The Bertz CT molecular complexity index is 700. The first-order valence-corrected chi connectivity index (χ1v) is 9.41. The van der Waals surface area contributed by atoms with Gasteiger partial charge in [-0.2, -0.15) is 0 Å². The Kier molecular flexibility index (Phi) is 6.29. The van der Waals surface area contributed by atoms with E-state index in [1.807, 2.05) is 18.2 Å². The highest BCUT2D eigenvalue weighted by Crippen LogP contribution is 2.22. The SMILES string of the molecule is CC1CC(C(N)=O)CCN1CCOc1ccc(Cc2ccccc2)cc1. The van der Waals surface area contributed by atoms with Crippen LogP contribution in [0.15, 0.2) is 54.6 Å². The van der Waals surface area contributed by atoms with Gasteiger partial charge in [-0.25, -0.2) is 0 Å². The Hall–Kier alpha value is -2.33. The molecule has 0 bridgehead atoms. The molecule has 1 fully saturated rings. The number of carbonyl (C=O) groups excluding carboxylic acids is 1. The topological polar surface area (TPSA) is 55.6 Å². The molecule has 2 aromatic rings. The van der Waals surface area contributed by atoms with Gasteiger partial charge >= 0.3 is 0 Å². The van der Waals surface area contributed by atoms with E-state index < -0.39 is 0 Å². The summed E-state index contributed by atoms with van der Waals surface area (Å²) in [7, 11) is 0. The maximum Gasteiger partial charge on any atom is 0.220 e. The molecule has 0 saturated carbocycles. The van der Waals surface area contributed by atoms with Crippen LogP contribution in [-0.2, 0) is 11.2 Å². The maximum absolute atomic E-state index is 11.3. The van der Waals surface area contributed by atoms with Crippen molar-refractivity contribution >= 4 is 5.91 Å². The van der Waals surface area contributed by atoms with Gasteiger partial charge in [0, 0.05) is 18.5 Å². The third-order valence-electron chi connectivity index (χ3n) is 5.24. The molecule has 3 rings (SSSR count). The van der Waals surface area contributed by atoms with E-state index in [4.69, 9.17) is 10.5 Å². The molecule has 1 saturated heterocycles. The number of amides is 1. The van der Waals surface area contributed by atoms with Crippen molar-refractivity contribution in [3.05, 3.63) is 65.7 Å². The zero-order chi connectivity index (χ0) is 18.4. The van der Waals surface area contributed by atoms with Crippen LogP contribution in [0.5, 0.6) is 5.75 Å². The molecule has 1 heterocycles. The van der Waals surface area contributed by atoms with Crippen molar-refractivity contribution in [3.63, 3.8) is 0 Å². The smallest absolute Gasteiger partial charge is 0.220 e. The normalized spacial score (nSPS) is 20.7. The number of hydrogen-bond donors (Lipinski definition) is 1. The van der Waals surface area contributed by atoms with Gasteiger partial charge in [-0.05, 0) is 56.0 Å². The Balaban J connectivity index is 1.43. The van der Waals surface area contributed by atoms with Crippen molar-refractivity contribution in [3.8, 4) is 5.75 Å². The largest absolute Gasteiger partial charge is 0.492 e. The molecular weight excluding hydrogens is 324 g/mol. The zero-order valence-electron chi connectivity index (χ0n) is 15.4. The first-order chi connectivity index (χ1) is 12.6. The van der Waals surface area contributed by atoms with E-state index in [0.29, 0.717) is 12.6 Å². The van der Waals surface area contributed by atoms with Crippen molar-refractivity contribution in [1.29, 1.82) is 0 Å². The van der Waals surface area contributed by atoms with Crippen LogP contribution in [-0.4, -0.2) is 36.5 Å². The molecule has 2 atom stereocenters. The van der Waals surface area contributed by atoms with E-state index in [1.165, 1.54) is 11.1 Å². The van der Waals surface area contributed by atoms with Crippen LogP contribution in [0.2, 0.25) is 0 Å². The number of likely N-dealkylation sites (tertiary alicyclic amines) is 1. The molecule has 1 amide bonds. The average Bonchev–Trinajstić information content (AvgIpc) is 2.65. The molecule has 4 heteroatoms.